The second-order valence-corrected chi connectivity index (χ2v) is 9.74. The van der Waals surface area contributed by atoms with Gasteiger partial charge in [0.1, 0.15) is 4.83 Å². The Balaban J connectivity index is 1.41. The van der Waals surface area contributed by atoms with Crippen LogP contribution in [0.2, 0.25) is 5.02 Å². The van der Waals surface area contributed by atoms with Crippen LogP contribution in [0.1, 0.15) is 44.3 Å². The lowest BCUT2D eigenvalue weighted by molar-refractivity contribution is 0.103. The number of aromatic nitrogens is 3. The highest BCUT2D eigenvalue weighted by molar-refractivity contribution is 7.20. The number of thiophene rings is 1. The number of carbonyl (C=O) groups is 1. The fourth-order valence-electron chi connectivity index (χ4n) is 3.68. The van der Waals surface area contributed by atoms with Crippen molar-refractivity contribution in [3.63, 3.8) is 0 Å². The van der Waals surface area contributed by atoms with Gasteiger partial charge in [0.15, 0.2) is 5.13 Å². The van der Waals surface area contributed by atoms with Crippen LogP contribution < -0.4 is 5.32 Å². The number of nitrogens with zero attached hydrogens (tertiary/aromatic N) is 3. The Morgan fingerprint density at radius 2 is 2.07 bits per heavy atom. The molecule has 0 bridgehead atoms. The van der Waals surface area contributed by atoms with Crippen LogP contribution in [0.3, 0.4) is 0 Å². The number of hydrogen-bond acceptors (Lipinski definition) is 5. The first-order valence-corrected chi connectivity index (χ1v) is 11.6. The summed E-state index contributed by atoms with van der Waals surface area (Å²) < 4.78 is 1.93. The molecule has 4 aromatic rings. The Bertz CT molecular complexity index is 1200. The van der Waals surface area contributed by atoms with Crippen molar-refractivity contribution in [1.82, 2.24) is 14.8 Å². The number of nitrogens with one attached hydrogen (secondary N) is 1. The van der Waals surface area contributed by atoms with Gasteiger partial charge in [0.05, 0.1) is 22.8 Å². The van der Waals surface area contributed by atoms with E-state index in [0.29, 0.717) is 16.6 Å². The predicted octanol–water partition coefficient (Wildman–Crippen LogP) is 5.70. The van der Waals surface area contributed by atoms with E-state index in [1.807, 2.05) is 41.9 Å². The molecule has 1 aliphatic carbocycles. The van der Waals surface area contributed by atoms with E-state index in [4.69, 9.17) is 11.6 Å². The monoisotopic (exact) mass is 442 g/mol. The molecule has 0 radical (unpaired) electrons. The molecule has 3 heterocycles. The van der Waals surface area contributed by atoms with E-state index in [2.05, 4.69) is 15.4 Å². The molecule has 5 rings (SSSR count). The number of anilines is 1. The van der Waals surface area contributed by atoms with Crippen LogP contribution in [-0.4, -0.2) is 20.7 Å². The van der Waals surface area contributed by atoms with Gasteiger partial charge in [0.25, 0.3) is 5.91 Å². The maximum atomic E-state index is 12.8. The number of aryl methyl sites for hydroxylation is 3. The zero-order chi connectivity index (χ0) is 20.0. The topological polar surface area (TPSA) is 59.8 Å². The molecular formula is C21H19ClN4OS2. The largest absolute Gasteiger partial charge is 0.297 e. The Morgan fingerprint density at radius 1 is 1.24 bits per heavy atom. The molecule has 0 saturated heterocycles. The zero-order valence-corrected chi connectivity index (χ0v) is 18.3. The van der Waals surface area contributed by atoms with Gasteiger partial charge in [-0.1, -0.05) is 29.8 Å². The minimum Gasteiger partial charge on any atom is -0.297 e. The van der Waals surface area contributed by atoms with Gasteiger partial charge in [-0.3, -0.25) is 14.8 Å². The Kier molecular flexibility index (Phi) is 4.89. The Labute approximate surface area is 181 Å². The molecule has 0 saturated carbocycles. The lowest BCUT2D eigenvalue weighted by atomic mass is 10.0. The predicted molar refractivity (Wildman–Crippen MR) is 120 cm³/mol. The van der Waals surface area contributed by atoms with Crippen LogP contribution in [0.25, 0.3) is 10.2 Å². The molecule has 5 nitrogen and oxygen atoms in total. The lowest BCUT2D eigenvalue weighted by Gasteiger charge is -2.06. The van der Waals surface area contributed by atoms with Crippen molar-refractivity contribution in [2.24, 2.45) is 0 Å². The summed E-state index contributed by atoms with van der Waals surface area (Å²) in [5.41, 5.74) is 3.07. The first-order chi connectivity index (χ1) is 14.1. The first-order valence-electron chi connectivity index (χ1n) is 9.59. The van der Waals surface area contributed by atoms with Crippen LogP contribution in [0.5, 0.6) is 0 Å². The maximum Gasteiger partial charge on any atom is 0.267 e. The minimum absolute atomic E-state index is 0.110. The van der Waals surface area contributed by atoms with Crippen molar-refractivity contribution in [2.45, 2.75) is 39.2 Å². The normalized spacial score (nSPS) is 13.6. The van der Waals surface area contributed by atoms with Crippen molar-refractivity contribution in [1.29, 1.82) is 0 Å². The quantitative estimate of drug-likeness (QED) is 0.441. The van der Waals surface area contributed by atoms with Crippen LogP contribution >= 0.6 is 34.3 Å². The van der Waals surface area contributed by atoms with Gasteiger partial charge in [-0.2, -0.15) is 5.10 Å². The number of thiazole rings is 1. The van der Waals surface area contributed by atoms with Gasteiger partial charge in [0, 0.05) is 15.3 Å². The van der Waals surface area contributed by atoms with Crippen LogP contribution in [0.15, 0.2) is 30.3 Å². The van der Waals surface area contributed by atoms with E-state index in [1.165, 1.54) is 29.1 Å². The van der Waals surface area contributed by atoms with E-state index in [0.717, 1.165) is 45.0 Å². The van der Waals surface area contributed by atoms with Crippen molar-refractivity contribution < 1.29 is 4.79 Å². The third-order valence-corrected chi connectivity index (χ3v) is 7.76. The molecule has 1 aliphatic rings. The fraction of sp³-hybridized carbons (Fsp3) is 0.286. The third kappa shape index (κ3) is 3.58. The van der Waals surface area contributed by atoms with Crippen molar-refractivity contribution in [3.05, 3.63) is 62.1 Å². The Hall–Kier alpha value is -2.22. The van der Waals surface area contributed by atoms with Gasteiger partial charge in [-0.15, -0.1) is 22.7 Å². The van der Waals surface area contributed by atoms with Gasteiger partial charge < -0.3 is 0 Å². The fourth-order valence-corrected chi connectivity index (χ4v) is 5.98. The summed E-state index contributed by atoms with van der Waals surface area (Å²) >= 11 is 9.37. The number of rotatable bonds is 4. The van der Waals surface area contributed by atoms with Gasteiger partial charge in [-0.25, -0.2) is 4.98 Å². The van der Waals surface area contributed by atoms with E-state index in [1.54, 1.807) is 11.3 Å². The maximum absolute atomic E-state index is 12.8. The standard InChI is InChI=1S/C21H19ClN4OS2/c1-12-14-10-18(19(27)24-21-23-16-8-4-5-9-17(16)29-21)28-20(14)26(25-12)11-13-6-2-3-7-15(13)22/h2-3,6-7,10H,4-5,8-9,11H2,1H3,(H,23,24,27). The molecule has 8 heteroatoms. The molecule has 1 amide bonds. The lowest BCUT2D eigenvalue weighted by Crippen LogP contribution is -2.10. The summed E-state index contributed by atoms with van der Waals surface area (Å²) in [6.07, 6.45) is 4.48. The smallest absolute Gasteiger partial charge is 0.267 e. The number of carbonyl (C=O) groups excluding carboxylic acids is 1. The summed E-state index contributed by atoms with van der Waals surface area (Å²) in [6.45, 7) is 2.54. The van der Waals surface area contributed by atoms with E-state index < -0.39 is 0 Å². The highest BCUT2D eigenvalue weighted by Crippen LogP contribution is 2.32. The minimum atomic E-state index is -0.110. The summed E-state index contributed by atoms with van der Waals surface area (Å²) in [5.74, 6) is -0.110. The van der Waals surface area contributed by atoms with Crippen molar-refractivity contribution in [2.75, 3.05) is 5.32 Å². The summed E-state index contributed by atoms with van der Waals surface area (Å²) in [7, 11) is 0. The van der Waals surface area contributed by atoms with Gasteiger partial charge in [0.2, 0.25) is 0 Å². The van der Waals surface area contributed by atoms with E-state index in [9.17, 15) is 4.79 Å². The molecule has 0 aliphatic heterocycles. The average Bonchev–Trinajstić information content (AvgIpc) is 3.39. The second kappa shape index (κ2) is 7.55. The molecule has 1 aromatic carbocycles. The number of benzene rings is 1. The van der Waals surface area contributed by atoms with Crippen LogP contribution in [-0.2, 0) is 19.4 Å². The van der Waals surface area contributed by atoms with Crippen LogP contribution in [0, 0.1) is 6.92 Å². The summed E-state index contributed by atoms with van der Waals surface area (Å²) in [6, 6.07) is 9.69. The highest BCUT2D eigenvalue weighted by Gasteiger charge is 2.20. The van der Waals surface area contributed by atoms with Crippen molar-refractivity contribution >= 4 is 55.5 Å². The molecule has 148 valence electrons. The summed E-state index contributed by atoms with van der Waals surface area (Å²) in [5, 5.41) is 10.1. The molecule has 0 spiro atoms. The average molecular weight is 443 g/mol. The van der Waals surface area contributed by atoms with Gasteiger partial charge in [-0.05, 0) is 50.3 Å². The number of fused-ring (bicyclic) bond motifs is 2. The van der Waals surface area contributed by atoms with Crippen LogP contribution in [0.4, 0.5) is 5.13 Å². The van der Waals surface area contributed by atoms with Crippen molar-refractivity contribution in [3.8, 4) is 0 Å². The van der Waals surface area contributed by atoms with E-state index >= 15 is 0 Å². The first kappa shape index (κ1) is 18.8. The Morgan fingerprint density at radius 3 is 2.90 bits per heavy atom. The van der Waals surface area contributed by atoms with Gasteiger partial charge >= 0.3 is 0 Å². The molecular weight excluding hydrogens is 424 g/mol. The van der Waals surface area contributed by atoms with E-state index in [-0.39, 0.29) is 5.91 Å². The molecule has 0 atom stereocenters. The molecule has 3 aromatic heterocycles. The molecule has 0 unspecified atom stereocenters. The molecule has 0 fully saturated rings. The number of hydrogen-bond donors (Lipinski definition) is 1. The zero-order valence-electron chi connectivity index (χ0n) is 15.9. The summed E-state index contributed by atoms with van der Waals surface area (Å²) in [4.78, 5) is 20.4. The highest BCUT2D eigenvalue weighted by atomic mass is 35.5. The molecule has 1 N–H and O–H groups in total. The second-order valence-electron chi connectivity index (χ2n) is 7.21. The number of amides is 1. The third-order valence-electron chi connectivity index (χ3n) is 5.18. The number of halogens is 1. The SMILES string of the molecule is Cc1nn(Cc2ccccc2Cl)c2sc(C(=O)Nc3nc4c(s3)CCCC4)cc12. The molecule has 29 heavy (non-hydrogen) atoms.